The van der Waals surface area contributed by atoms with E-state index in [0.29, 0.717) is 18.7 Å². The molecule has 2 rings (SSSR count). The molecular formula is C12H14Cl2N2O2. The van der Waals surface area contributed by atoms with Crippen molar-refractivity contribution >= 4 is 29.1 Å². The molecule has 1 amide bonds. The number of amides is 1. The Morgan fingerprint density at radius 1 is 1.44 bits per heavy atom. The zero-order valence-corrected chi connectivity index (χ0v) is 11.4. The van der Waals surface area contributed by atoms with Gasteiger partial charge in [0, 0.05) is 18.7 Å². The van der Waals surface area contributed by atoms with E-state index in [4.69, 9.17) is 23.2 Å². The number of aliphatic hydroxyl groups is 1. The Labute approximate surface area is 116 Å². The Balaban J connectivity index is 2.16. The number of pyridine rings is 1. The van der Waals surface area contributed by atoms with Crippen LogP contribution in [0.2, 0.25) is 10.3 Å². The predicted octanol–water partition coefficient (Wildman–Crippen LogP) is 2.23. The van der Waals surface area contributed by atoms with Gasteiger partial charge in [-0.05, 0) is 24.5 Å². The van der Waals surface area contributed by atoms with Crippen molar-refractivity contribution in [2.24, 2.45) is 5.92 Å². The highest BCUT2D eigenvalue weighted by atomic mass is 35.5. The van der Waals surface area contributed by atoms with E-state index in [-0.39, 0.29) is 22.1 Å². The van der Waals surface area contributed by atoms with Crippen molar-refractivity contribution < 1.29 is 9.90 Å². The Hall–Kier alpha value is -0.840. The summed E-state index contributed by atoms with van der Waals surface area (Å²) in [5.74, 6) is 0.0471. The van der Waals surface area contributed by atoms with Gasteiger partial charge >= 0.3 is 0 Å². The number of halogens is 2. The molecule has 2 heterocycles. The monoisotopic (exact) mass is 288 g/mol. The standard InChI is InChI=1S/C12H14Cl2N2O2/c1-7-2-3-16(6-9(7)17)12(18)8-4-10(13)15-11(14)5-8/h4-5,7,9,17H,2-3,6H2,1H3. The molecule has 4 nitrogen and oxygen atoms in total. The van der Waals surface area contributed by atoms with Crippen molar-refractivity contribution in [2.45, 2.75) is 19.4 Å². The van der Waals surface area contributed by atoms with Crippen LogP contribution in [0.3, 0.4) is 0 Å². The summed E-state index contributed by atoms with van der Waals surface area (Å²) in [6.07, 6.45) is 0.315. The third-order valence-electron chi connectivity index (χ3n) is 3.22. The van der Waals surface area contributed by atoms with Crippen LogP contribution in [-0.4, -0.2) is 40.1 Å². The van der Waals surface area contributed by atoms with Gasteiger partial charge in [0.15, 0.2) is 0 Å². The summed E-state index contributed by atoms with van der Waals surface area (Å²) in [4.78, 5) is 17.6. The summed E-state index contributed by atoms with van der Waals surface area (Å²) in [5.41, 5.74) is 0.404. The summed E-state index contributed by atoms with van der Waals surface area (Å²) in [5, 5.41) is 10.2. The second-order valence-corrected chi connectivity index (χ2v) is 5.36. The molecule has 18 heavy (non-hydrogen) atoms. The number of β-amino-alcohol motifs (C(OH)–C–C–N with tert-alkyl or cyclic N) is 1. The Morgan fingerprint density at radius 2 is 2.06 bits per heavy atom. The van der Waals surface area contributed by atoms with Gasteiger partial charge in [0.2, 0.25) is 0 Å². The van der Waals surface area contributed by atoms with Crippen LogP contribution in [0, 0.1) is 5.92 Å². The summed E-state index contributed by atoms with van der Waals surface area (Å²) >= 11 is 11.5. The molecule has 1 N–H and O–H groups in total. The van der Waals surface area contributed by atoms with Gasteiger partial charge in [-0.1, -0.05) is 30.1 Å². The third-order valence-corrected chi connectivity index (χ3v) is 3.60. The fraction of sp³-hybridized carbons (Fsp3) is 0.500. The number of piperidine rings is 1. The first kappa shape index (κ1) is 13.6. The lowest BCUT2D eigenvalue weighted by molar-refractivity contribution is 0.0248. The van der Waals surface area contributed by atoms with E-state index >= 15 is 0 Å². The molecule has 1 fully saturated rings. The lowest BCUT2D eigenvalue weighted by Crippen LogP contribution is -2.45. The van der Waals surface area contributed by atoms with Crippen LogP contribution in [0.4, 0.5) is 0 Å². The first-order valence-electron chi connectivity index (χ1n) is 5.78. The van der Waals surface area contributed by atoms with Gasteiger partial charge in [-0.2, -0.15) is 0 Å². The van der Waals surface area contributed by atoms with Gasteiger partial charge < -0.3 is 10.0 Å². The first-order chi connectivity index (χ1) is 8.47. The van der Waals surface area contributed by atoms with Gasteiger partial charge in [-0.15, -0.1) is 0 Å². The molecule has 1 aromatic heterocycles. The minimum Gasteiger partial charge on any atom is -0.391 e. The minimum atomic E-state index is -0.476. The highest BCUT2D eigenvalue weighted by Crippen LogP contribution is 2.21. The number of likely N-dealkylation sites (tertiary alicyclic amines) is 1. The molecule has 6 heteroatoms. The Morgan fingerprint density at radius 3 is 2.61 bits per heavy atom. The fourth-order valence-corrected chi connectivity index (χ4v) is 2.46. The van der Waals surface area contributed by atoms with Crippen molar-refractivity contribution in [2.75, 3.05) is 13.1 Å². The van der Waals surface area contributed by atoms with Crippen LogP contribution in [0.1, 0.15) is 23.7 Å². The van der Waals surface area contributed by atoms with Crippen LogP contribution < -0.4 is 0 Å². The predicted molar refractivity (Wildman–Crippen MR) is 69.9 cm³/mol. The number of carbonyl (C=O) groups excluding carboxylic acids is 1. The average Bonchev–Trinajstić information content (AvgIpc) is 2.30. The smallest absolute Gasteiger partial charge is 0.254 e. The third kappa shape index (κ3) is 2.94. The zero-order valence-electron chi connectivity index (χ0n) is 9.94. The fourth-order valence-electron chi connectivity index (χ4n) is 2.00. The lowest BCUT2D eigenvalue weighted by atomic mass is 9.95. The maximum absolute atomic E-state index is 12.2. The van der Waals surface area contributed by atoms with Gasteiger partial charge in [0.25, 0.3) is 5.91 Å². The summed E-state index contributed by atoms with van der Waals surface area (Å²) in [7, 11) is 0. The molecule has 0 aromatic carbocycles. The molecule has 2 atom stereocenters. The molecule has 0 radical (unpaired) electrons. The molecule has 0 aliphatic carbocycles. The molecule has 0 spiro atoms. The molecule has 1 saturated heterocycles. The highest BCUT2D eigenvalue weighted by molar-refractivity contribution is 6.33. The van der Waals surface area contributed by atoms with E-state index in [2.05, 4.69) is 4.98 Å². The topological polar surface area (TPSA) is 53.4 Å². The van der Waals surface area contributed by atoms with E-state index in [9.17, 15) is 9.90 Å². The lowest BCUT2D eigenvalue weighted by Gasteiger charge is -2.34. The van der Waals surface area contributed by atoms with Crippen molar-refractivity contribution in [3.05, 3.63) is 28.0 Å². The summed E-state index contributed by atoms with van der Waals surface area (Å²) in [6, 6.07) is 2.97. The molecule has 98 valence electrons. The molecule has 1 aliphatic heterocycles. The second kappa shape index (κ2) is 5.43. The molecule has 1 aromatic rings. The number of aromatic nitrogens is 1. The number of hydrogen-bond donors (Lipinski definition) is 1. The van der Waals surface area contributed by atoms with Crippen LogP contribution in [-0.2, 0) is 0 Å². The molecule has 2 unspecified atom stereocenters. The number of hydrogen-bond acceptors (Lipinski definition) is 3. The van der Waals surface area contributed by atoms with Gasteiger partial charge in [-0.25, -0.2) is 4.98 Å². The van der Waals surface area contributed by atoms with E-state index in [1.54, 1.807) is 4.90 Å². The number of rotatable bonds is 1. The maximum atomic E-state index is 12.2. The van der Waals surface area contributed by atoms with E-state index in [0.717, 1.165) is 6.42 Å². The number of nitrogens with zero attached hydrogens (tertiary/aromatic N) is 2. The average molecular weight is 289 g/mol. The molecule has 0 bridgehead atoms. The Bertz CT molecular complexity index is 447. The summed E-state index contributed by atoms with van der Waals surface area (Å²) < 4.78 is 0. The second-order valence-electron chi connectivity index (χ2n) is 4.59. The van der Waals surface area contributed by atoms with Crippen LogP contribution in [0.5, 0.6) is 0 Å². The SMILES string of the molecule is CC1CCN(C(=O)c2cc(Cl)nc(Cl)c2)CC1O. The van der Waals surface area contributed by atoms with E-state index in [1.807, 2.05) is 6.92 Å². The van der Waals surface area contributed by atoms with Crippen molar-refractivity contribution in [1.29, 1.82) is 0 Å². The highest BCUT2D eigenvalue weighted by Gasteiger charge is 2.28. The Kier molecular flexibility index (Phi) is 4.10. The van der Waals surface area contributed by atoms with Crippen molar-refractivity contribution in [3.63, 3.8) is 0 Å². The molecular weight excluding hydrogens is 275 g/mol. The number of aliphatic hydroxyl groups excluding tert-OH is 1. The van der Waals surface area contributed by atoms with Crippen LogP contribution >= 0.6 is 23.2 Å². The number of carbonyl (C=O) groups is 1. The van der Waals surface area contributed by atoms with Gasteiger partial charge in [0.05, 0.1) is 6.10 Å². The molecule has 1 aliphatic rings. The zero-order chi connectivity index (χ0) is 13.3. The summed E-state index contributed by atoms with van der Waals surface area (Å²) in [6.45, 7) is 2.96. The quantitative estimate of drug-likeness (QED) is 0.807. The van der Waals surface area contributed by atoms with Crippen molar-refractivity contribution in [3.8, 4) is 0 Å². The van der Waals surface area contributed by atoms with E-state index in [1.165, 1.54) is 12.1 Å². The normalized spacial score (nSPS) is 24.1. The minimum absolute atomic E-state index is 0.174. The maximum Gasteiger partial charge on any atom is 0.254 e. The van der Waals surface area contributed by atoms with Gasteiger partial charge in [0.1, 0.15) is 10.3 Å². The molecule has 0 saturated carbocycles. The van der Waals surface area contributed by atoms with Crippen molar-refractivity contribution in [1.82, 2.24) is 9.88 Å². The first-order valence-corrected chi connectivity index (χ1v) is 6.53. The van der Waals surface area contributed by atoms with Crippen LogP contribution in [0.15, 0.2) is 12.1 Å². The van der Waals surface area contributed by atoms with E-state index < -0.39 is 6.10 Å². The largest absolute Gasteiger partial charge is 0.391 e. The van der Waals surface area contributed by atoms with Gasteiger partial charge in [-0.3, -0.25) is 4.79 Å². The van der Waals surface area contributed by atoms with Crippen LogP contribution in [0.25, 0.3) is 0 Å².